The summed E-state index contributed by atoms with van der Waals surface area (Å²) in [4.78, 5) is 36.6. The predicted molar refractivity (Wildman–Crippen MR) is 71.3 cm³/mol. The fourth-order valence-corrected chi connectivity index (χ4v) is 1.86. The van der Waals surface area contributed by atoms with E-state index in [2.05, 4.69) is 10.6 Å². The van der Waals surface area contributed by atoms with Crippen molar-refractivity contribution < 1.29 is 14.4 Å². The molecule has 108 valence electrons. The van der Waals surface area contributed by atoms with E-state index >= 15 is 0 Å². The highest BCUT2D eigenvalue weighted by Crippen LogP contribution is 2.19. The van der Waals surface area contributed by atoms with Crippen LogP contribution in [0, 0.1) is 0 Å². The lowest BCUT2D eigenvalue weighted by Gasteiger charge is -2.40. The molecule has 6 heteroatoms. The summed E-state index contributed by atoms with van der Waals surface area (Å²) in [5.41, 5.74) is -1.04. The molecule has 6 nitrogen and oxygen atoms in total. The third-order valence-corrected chi connectivity index (χ3v) is 3.08. The number of rotatable bonds is 3. The number of piperazine rings is 1. The highest BCUT2D eigenvalue weighted by molar-refractivity contribution is 6.06. The van der Waals surface area contributed by atoms with Crippen LogP contribution in [0.4, 0.5) is 0 Å². The Morgan fingerprint density at radius 3 is 2.47 bits per heavy atom. The predicted octanol–water partition coefficient (Wildman–Crippen LogP) is 0.0282. The first-order chi connectivity index (χ1) is 8.54. The van der Waals surface area contributed by atoms with E-state index < -0.39 is 17.4 Å². The van der Waals surface area contributed by atoms with Gasteiger partial charge in [-0.25, -0.2) is 0 Å². The fraction of sp³-hybridized carbons (Fsp3) is 0.769. The van der Waals surface area contributed by atoms with Gasteiger partial charge >= 0.3 is 0 Å². The summed E-state index contributed by atoms with van der Waals surface area (Å²) < 4.78 is 0. The van der Waals surface area contributed by atoms with Gasteiger partial charge in [0.05, 0.1) is 0 Å². The summed E-state index contributed by atoms with van der Waals surface area (Å²) in [7, 11) is 0. The molecule has 1 fully saturated rings. The van der Waals surface area contributed by atoms with Crippen molar-refractivity contribution in [1.29, 1.82) is 0 Å². The number of nitrogens with zero attached hydrogens (tertiary/aromatic N) is 1. The minimum absolute atomic E-state index is 0.0624. The zero-order valence-electron chi connectivity index (χ0n) is 12.3. The molecular weight excluding hydrogens is 246 g/mol. The van der Waals surface area contributed by atoms with Crippen molar-refractivity contribution in [3.8, 4) is 0 Å². The molecule has 0 aromatic heterocycles. The first kappa shape index (κ1) is 15.6. The third-order valence-electron chi connectivity index (χ3n) is 3.08. The van der Waals surface area contributed by atoms with Crippen molar-refractivity contribution in [2.24, 2.45) is 0 Å². The van der Waals surface area contributed by atoms with Crippen LogP contribution in [-0.4, -0.2) is 46.8 Å². The van der Waals surface area contributed by atoms with Crippen LogP contribution in [0.5, 0.6) is 0 Å². The van der Waals surface area contributed by atoms with E-state index in [1.807, 2.05) is 20.8 Å². The molecular formula is C13H23N3O3. The SMILES string of the molecule is CC(C)(C)NCCC(=O)N1CC(=O)NC(=O)C1(C)C. The molecule has 0 spiro atoms. The molecule has 0 atom stereocenters. The van der Waals surface area contributed by atoms with Crippen molar-refractivity contribution in [3.05, 3.63) is 0 Å². The molecule has 1 saturated heterocycles. The second-order valence-electron chi connectivity index (χ2n) is 6.34. The van der Waals surface area contributed by atoms with E-state index in [9.17, 15) is 14.4 Å². The second kappa shape index (κ2) is 5.28. The molecule has 0 aliphatic carbocycles. The molecule has 1 heterocycles. The summed E-state index contributed by atoms with van der Waals surface area (Å²) >= 11 is 0. The van der Waals surface area contributed by atoms with Crippen LogP contribution in [0.25, 0.3) is 0 Å². The summed E-state index contributed by atoms with van der Waals surface area (Å²) in [5, 5.41) is 5.46. The Morgan fingerprint density at radius 1 is 1.37 bits per heavy atom. The number of carbonyl (C=O) groups excluding carboxylic acids is 3. The number of imide groups is 1. The molecule has 0 radical (unpaired) electrons. The molecule has 0 unspecified atom stereocenters. The van der Waals surface area contributed by atoms with E-state index in [-0.39, 0.29) is 24.4 Å². The van der Waals surface area contributed by atoms with Crippen molar-refractivity contribution in [2.45, 2.75) is 52.1 Å². The van der Waals surface area contributed by atoms with Gasteiger partial charge in [-0.3, -0.25) is 19.7 Å². The Kier molecular flexibility index (Phi) is 4.35. The summed E-state index contributed by atoms with van der Waals surface area (Å²) in [6, 6.07) is 0. The van der Waals surface area contributed by atoms with Gasteiger partial charge in [0.25, 0.3) is 5.91 Å². The number of carbonyl (C=O) groups is 3. The molecule has 1 aliphatic rings. The lowest BCUT2D eigenvalue weighted by molar-refractivity contribution is -0.155. The minimum atomic E-state index is -0.979. The van der Waals surface area contributed by atoms with Crippen LogP contribution >= 0.6 is 0 Å². The maximum Gasteiger partial charge on any atom is 0.252 e. The molecule has 2 N–H and O–H groups in total. The van der Waals surface area contributed by atoms with Gasteiger partial charge in [-0.05, 0) is 34.6 Å². The number of amides is 3. The van der Waals surface area contributed by atoms with Crippen LogP contribution in [0.1, 0.15) is 41.0 Å². The smallest absolute Gasteiger partial charge is 0.252 e. The van der Waals surface area contributed by atoms with Crippen LogP contribution in [-0.2, 0) is 14.4 Å². The van der Waals surface area contributed by atoms with Gasteiger partial charge < -0.3 is 10.2 Å². The molecule has 1 rings (SSSR count). The van der Waals surface area contributed by atoms with E-state index in [0.717, 1.165) is 0 Å². The summed E-state index contributed by atoms with van der Waals surface area (Å²) in [6.07, 6.45) is 0.265. The van der Waals surface area contributed by atoms with E-state index in [0.29, 0.717) is 6.54 Å². The van der Waals surface area contributed by atoms with Gasteiger partial charge in [0, 0.05) is 18.5 Å². The average molecular weight is 269 g/mol. The maximum atomic E-state index is 12.1. The molecule has 0 saturated carbocycles. The highest BCUT2D eigenvalue weighted by atomic mass is 16.2. The largest absolute Gasteiger partial charge is 0.319 e. The standard InChI is InChI=1S/C13H23N3O3/c1-12(2,3)14-7-6-10(18)16-8-9(17)15-11(19)13(16,4)5/h14H,6-8H2,1-5H3,(H,15,17,19). The summed E-state index contributed by atoms with van der Waals surface area (Å²) in [5.74, 6) is -1.05. The van der Waals surface area contributed by atoms with Crippen LogP contribution in [0.2, 0.25) is 0 Å². The highest BCUT2D eigenvalue weighted by Gasteiger charge is 2.43. The van der Waals surface area contributed by atoms with Gasteiger partial charge in [-0.15, -0.1) is 0 Å². The fourth-order valence-electron chi connectivity index (χ4n) is 1.86. The third kappa shape index (κ3) is 4.02. The van der Waals surface area contributed by atoms with Crippen LogP contribution < -0.4 is 10.6 Å². The van der Waals surface area contributed by atoms with Crippen molar-refractivity contribution in [2.75, 3.05) is 13.1 Å². The van der Waals surface area contributed by atoms with Crippen LogP contribution in [0.3, 0.4) is 0 Å². The average Bonchev–Trinajstić information content (AvgIpc) is 2.21. The Balaban J connectivity index is 2.64. The Bertz CT molecular complexity index is 396. The van der Waals surface area contributed by atoms with Gasteiger partial charge in [0.15, 0.2) is 0 Å². The Labute approximate surface area is 113 Å². The van der Waals surface area contributed by atoms with Crippen molar-refractivity contribution >= 4 is 17.7 Å². The van der Waals surface area contributed by atoms with Crippen LogP contribution in [0.15, 0.2) is 0 Å². The normalized spacial score (nSPS) is 19.3. The van der Waals surface area contributed by atoms with E-state index in [4.69, 9.17) is 0 Å². The van der Waals surface area contributed by atoms with Crippen molar-refractivity contribution in [1.82, 2.24) is 15.5 Å². The topological polar surface area (TPSA) is 78.5 Å². The molecule has 0 bridgehead atoms. The zero-order chi connectivity index (χ0) is 14.8. The Hall–Kier alpha value is -1.43. The first-order valence-corrected chi connectivity index (χ1v) is 6.44. The second-order valence-corrected chi connectivity index (χ2v) is 6.34. The molecule has 1 aliphatic heterocycles. The number of nitrogens with one attached hydrogen (secondary N) is 2. The molecule has 3 amide bonds. The molecule has 0 aromatic rings. The Morgan fingerprint density at radius 2 is 1.95 bits per heavy atom. The van der Waals surface area contributed by atoms with Crippen molar-refractivity contribution in [3.63, 3.8) is 0 Å². The minimum Gasteiger partial charge on any atom is -0.319 e. The van der Waals surface area contributed by atoms with Gasteiger partial charge in [-0.2, -0.15) is 0 Å². The lowest BCUT2D eigenvalue weighted by Crippen LogP contribution is -2.65. The lowest BCUT2D eigenvalue weighted by atomic mass is 9.98. The maximum absolute atomic E-state index is 12.1. The molecule has 19 heavy (non-hydrogen) atoms. The first-order valence-electron chi connectivity index (χ1n) is 6.44. The molecule has 0 aromatic carbocycles. The zero-order valence-corrected chi connectivity index (χ0v) is 12.3. The van der Waals surface area contributed by atoms with E-state index in [1.54, 1.807) is 13.8 Å². The van der Waals surface area contributed by atoms with E-state index in [1.165, 1.54) is 4.90 Å². The number of hydrogen-bond acceptors (Lipinski definition) is 4. The van der Waals surface area contributed by atoms with Gasteiger partial charge in [0.2, 0.25) is 11.8 Å². The van der Waals surface area contributed by atoms with Gasteiger partial charge in [-0.1, -0.05) is 0 Å². The van der Waals surface area contributed by atoms with Gasteiger partial charge in [0.1, 0.15) is 12.1 Å². The monoisotopic (exact) mass is 269 g/mol. The number of hydrogen-bond donors (Lipinski definition) is 2. The summed E-state index contributed by atoms with van der Waals surface area (Å²) in [6.45, 7) is 9.78. The quantitative estimate of drug-likeness (QED) is 0.708.